The molecule has 1 saturated heterocycles. The Labute approximate surface area is 153 Å². The minimum Gasteiger partial charge on any atom is -0.337 e. The lowest BCUT2D eigenvalue weighted by molar-refractivity contribution is 0.206. The van der Waals surface area contributed by atoms with Gasteiger partial charge in [0.25, 0.3) is 0 Å². The number of rotatable bonds is 4. The molecule has 3 atom stereocenters. The Morgan fingerprint density at radius 2 is 1.81 bits per heavy atom. The Morgan fingerprint density at radius 3 is 2.58 bits per heavy atom. The summed E-state index contributed by atoms with van der Waals surface area (Å²) < 4.78 is 5.58. The van der Waals surface area contributed by atoms with Gasteiger partial charge in [-0.3, -0.25) is 4.90 Å². The van der Waals surface area contributed by atoms with E-state index in [1.54, 1.807) is 0 Å². The second-order valence-electron chi connectivity index (χ2n) is 7.08. The maximum Gasteiger partial charge on any atom is 0.244 e. The molecular weight excluding hydrogens is 324 g/mol. The third kappa shape index (κ3) is 3.16. The fourth-order valence-electron chi connectivity index (χ4n) is 3.72. The zero-order chi connectivity index (χ0) is 18.1. The lowest BCUT2D eigenvalue weighted by Crippen LogP contribution is -2.30. The van der Waals surface area contributed by atoms with Crippen molar-refractivity contribution in [2.45, 2.75) is 31.8 Å². The van der Waals surface area contributed by atoms with Crippen LogP contribution in [0.15, 0.2) is 59.1 Å². The lowest BCUT2D eigenvalue weighted by atomic mass is 9.95. The number of nitrogens with two attached hydrogens (primary N) is 1. The molecule has 3 aromatic rings. The first kappa shape index (κ1) is 16.9. The quantitative estimate of drug-likeness (QED) is 0.781. The molecule has 0 radical (unpaired) electrons. The molecule has 0 saturated carbocycles. The van der Waals surface area contributed by atoms with Crippen LogP contribution in [0.1, 0.15) is 35.9 Å². The second-order valence-corrected chi connectivity index (χ2v) is 7.08. The topological polar surface area (TPSA) is 68.2 Å². The van der Waals surface area contributed by atoms with E-state index in [1.807, 2.05) is 24.3 Å². The van der Waals surface area contributed by atoms with E-state index in [2.05, 4.69) is 59.2 Å². The van der Waals surface area contributed by atoms with Crippen LogP contribution in [0.25, 0.3) is 11.4 Å². The van der Waals surface area contributed by atoms with E-state index < -0.39 is 0 Å². The van der Waals surface area contributed by atoms with Crippen molar-refractivity contribution in [2.75, 3.05) is 13.1 Å². The molecule has 0 aliphatic carbocycles. The van der Waals surface area contributed by atoms with E-state index in [9.17, 15) is 0 Å². The Bertz CT molecular complexity index is 876. The highest BCUT2D eigenvalue weighted by molar-refractivity contribution is 5.58. The van der Waals surface area contributed by atoms with Crippen molar-refractivity contribution in [1.82, 2.24) is 15.0 Å². The summed E-state index contributed by atoms with van der Waals surface area (Å²) in [7, 11) is 0. The maximum atomic E-state index is 6.43. The molecule has 4 rings (SSSR count). The van der Waals surface area contributed by atoms with Crippen LogP contribution in [0.4, 0.5) is 0 Å². The number of nitrogens with zero attached hydrogens (tertiary/aromatic N) is 3. The minimum atomic E-state index is 0.0417. The first-order valence-corrected chi connectivity index (χ1v) is 9.07. The molecule has 1 fully saturated rings. The summed E-state index contributed by atoms with van der Waals surface area (Å²) in [4.78, 5) is 6.98. The molecule has 0 amide bonds. The van der Waals surface area contributed by atoms with E-state index in [1.165, 1.54) is 5.56 Å². The average molecular weight is 348 g/mol. The second kappa shape index (κ2) is 7.02. The summed E-state index contributed by atoms with van der Waals surface area (Å²) in [6, 6.07) is 18.7. The van der Waals surface area contributed by atoms with Gasteiger partial charge in [-0.05, 0) is 25.0 Å². The Hall–Kier alpha value is -2.50. The molecule has 2 heterocycles. The number of aryl methyl sites for hydroxylation is 1. The van der Waals surface area contributed by atoms with Crippen LogP contribution >= 0.6 is 0 Å². The van der Waals surface area contributed by atoms with Crippen molar-refractivity contribution in [3.8, 4) is 11.4 Å². The van der Waals surface area contributed by atoms with Crippen LogP contribution < -0.4 is 5.73 Å². The van der Waals surface area contributed by atoms with Crippen LogP contribution in [-0.2, 0) is 0 Å². The van der Waals surface area contributed by atoms with Gasteiger partial charge in [0.1, 0.15) is 0 Å². The fourth-order valence-corrected chi connectivity index (χ4v) is 3.72. The first-order valence-electron chi connectivity index (χ1n) is 9.07. The molecule has 1 aromatic heterocycles. The van der Waals surface area contributed by atoms with Crippen LogP contribution in [-0.4, -0.2) is 34.2 Å². The van der Waals surface area contributed by atoms with Crippen molar-refractivity contribution in [3.05, 3.63) is 71.6 Å². The van der Waals surface area contributed by atoms with Crippen molar-refractivity contribution >= 4 is 0 Å². The van der Waals surface area contributed by atoms with Gasteiger partial charge < -0.3 is 10.3 Å². The SMILES string of the molecule is Cc1ccccc1-c1noc(C(C)N2C[C@@H](N)[C@H](c3ccccc3)C2)n1. The summed E-state index contributed by atoms with van der Waals surface area (Å²) in [6.45, 7) is 5.88. The number of likely N-dealkylation sites (tertiary alicyclic amines) is 1. The molecule has 0 bridgehead atoms. The van der Waals surface area contributed by atoms with Gasteiger partial charge in [-0.25, -0.2) is 0 Å². The third-order valence-corrected chi connectivity index (χ3v) is 5.35. The van der Waals surface area contributed by atoms with E-state index in [0.717, 1.165) is 24.2 Å². The van der Waals surface area contributed by atoms with Gasteiger partial charge in [-0.1, -0.05) is 59.8 Å². The molecular formula is C21H24N4O. The minimum absolute atomic E-state index is 0.0417. The molecule has 26 heavy (non-hydrogen) atoms. The number of hydrogen-bond acceptors (Lipinski definition) is 5. The lowest BCUT2D eigenvalue weighted by Gasteiger charge is -2.20. The molecule has 1 aliphatic rings. The average Bonchev–Trinajstić information content (AvgIpc) is 3.29. The van der Waals surface area contributed by atoms with Crippen molar-refractivity contribution in [3.63, 3.8) is 0 Å². The Morgan fingerprint density at radius 1 is 1.08 bits per heavy atom. The summed E-state index contributed by atoms with van der Waals surface area (Å²) in [5.74, 6) is 1.62. The first-order chi connectivity index (χ1) is 12.6. The highest BCUT2D eigenvalue weighted by Crippen LogP contribution is 2.32. The van der Waals surface area contributed by atoms with Crippen LogP contribution in [0.3, 0.4) is 0 Å². The predicted molar refractivity (Wildman–Crippen MR) is 102 cm³/mol. The van der Waals surface area contributed by atoms with Gasteiger partial charge in [0.2, 0.25) is 11.7 Å². The van der Waals surface area contributed by atoms with Gasteiger partial charge >= 0.3 is 0 Å². The summed E-state index contributed by atoms with van der Waals surface area (Å²) in [6.07, 6.45) is 0. The number of benzene rings is 2. The zero-order valence-corrected chi connectivity index (χ0v) is 15.2. The number of hydrogen-bond donors (Lipinski definition) is 1. The fraction of sp³-hybridized carbons (Fsp3) is 0.333. The van der Waals surface area contributed by atoms with Crippen LogP contribution in [0.5, 0.6) is 0 Å². The smallest absolute Gasteiger partial charge is 0.244 e. The standard InChI is InChI=1S/C21H24N4O/c1-14-8-6-7-11-17(14)20-23-21(26-24-20)15(2)25-12-18(19(22)13-25)16-9-4-3-5-10-16/h3-11,15,18-19H,12-13,22H2,1-2H3/t15?,18-,19+/m0/s1. The van der Waals surface area contributed by atoms with Crippen molar-refractivity contribution in [2.24, 2.45) is 5.73 Å². The largest absolute Gasteiger partial charge is 0.337 e. The molecule has 134 valence electrons. The summed E-state index contributed by atoms with van der Waals surface area (Å²) in [5, 5.41) is 4.19. The van der Waals surface area contributed by atoms with Gasteiger partial charge in [0, 0.05) is 30.6 Å². The maximum absolute atomic E-state index is 6.43. The summed E-state index contributed by atoms with van der Waals surface area (Å²) in [5.41, 5.74) is 9.87. The van der Waals surface area contributed by atoms with Crippen molar-refractivity contribution < 1.29 is 4.52 Å². The molecule has 2 N–H and O–H groups in total. The normalized spacial score (nSPS) is 21.8. The monoisotopic (exact) mass is 348 g/mol. The third-order valence-electron chi connectivity index (χ3n) is 5.35. The van der Waals surface area contributed by atoms with Crippen LogP contribution in [0, 0.1) is 6.92 Å². The van der Waals surface area contributed by atoms with Crippen LogP contribution in [0.2, 0.25) is 0 Å². The van der Waals surface area contributed by atoms with Gasteiger partial charge in [-0.15, -0.1) is 0 Å². The van der Waals surface area contributed by atoms with Gasteiger partial charge in [0.05, 0.1) is 6.04 Å². The molecule has 1 aliphatic heterocycles. The molecule has 2 aromatic carbocycles. The highest BCUT2D eigenvalue weighted by Gasteiger charge is 2.35. The van der Waals surface area contributed by atoms with Gasteiger partial charge in [-0.2, -0.15) is 4.98 Å². The van der Waals surface area contributed by atoms with E-state index in [0.29, 0.717) is 17.6 Å². The van der Waals surface area contributed by atoms with Crippen molar-refractivity contribution in [1.29, 1.82) is 0 Å². The molecule has 1 unspecified atom stereocenters. The van der Waals surface area contributed by atoms with Gasteiger partial charge in [0.15, 0.2) is 0 Å². The predicted octanol–water partition coefficient (Wildman–Crippen LogP) is 3.53. The molecule has 5 heteroatoms. The summed E-state index contributed by atoms with van der Waals surface area (Å²) >= 11 is 0. The zero-order valence-electron chi connectivity index (χ0n) is 15.2. The molecule has 0 spiro atoms. The Kier molecular flexibility index (Phi) is 4.57. The molecule has 5 nitrogen and oxygen atoms in total. The van der Waals surface area contributed by atoms with E-state index in [4.69, 9.17) is 10.3 Å². The van der Waals surface area contributed by atoms with E-state index in [-0.39, 0.29) is 12.1 Å². The van der Waals surface area contributed by atoms with E-state index >= 15 is 0 Å². The number of aromatic nitrogens is 2. The highest BCUT2D eigenvalue weighted by atomic mass is 16.5. The Balaban J connectivity index is 1.52.